The van der Waals surface area contributed by atoms with Crippen LogP contribution in [-0.4, -0.2) is 46.2 Å². The normalized spacial score (nSPS) is 41.6. The summed E-state index contributed by atoms with van der Waals surface area (Å²) in [5.41, 5.74) is 0. The quantitative estimate of drug-likeness (QED) is 0.682. The maximum atomic E-state index is 12.4. The highest BCUT2D eigenvalue weighted by Crippen LogP contribution is 2.48. The van der Waals surface area contributed by atoms with E-state index >= 15 is 0 Å². The summed E-state index contributed by atoms with van der Waals surface area (Å²) in [6, 6.07) is 0. The number of hydrogen-bond acceptors (Lipinski definition) is 3. The van der Waals surface area contributed by atoms with Crippen LogP contribution in [0.2, 0.25) is 0 Å². The molecular weight excluding hydrogens is 234 g/mol. The molecule has 3 aliphatic rings. The molecule has 0 aromatic carbocycles. The van der Waals surface area contributed by atoms with Crippen molar-refractivity contribution in [3.63, 3.8) is 0 Å². The molecule has 1 heterocycles. The first-order valence-electron chi connectivity index (χ1n) is 6.46. The van der Waals surface area contributed by atoms with Crippen LogP contribution < -0.4 is 0 Å². The fourth-order valence-corrected chi connectivity index (χ4v) is 3.65. The van der Waals surface area contributed by atoms with Crippen LogP contribution in [0.3, 0.4) is 0 Å². The number of nitrogens with zero attached hydrogens (tertiary/aromatic N) is 1. The number of carboxylic acid groups (broad SMARTS) is 1. The van der Waals surface area contributed by atoms with E-state index in [0.717, 1.165) is 6.42 Å². The Bertz CT molecular complexity index is 419. The second-order valence-corrected chi connectivity index (χ2v) is 5.56. The first kappa shape index (κ1) is 11.7. The summed E-state index contributed by atoms with van der Waals surface area (Å²) in [7, 11) is 0. The number of amides is 1. The molecule has 2 unspecified atom stereocenters. The van der Waals surface area contributed by atoms with Crippen LogP contribution in [0.4, 0.5) is 0 Å². The van der Waals surface area contributed by atoms with E-state index in [4.69, 9.17) is 0 Å². The van der Waals surface area contributed by atoms with Crippen molar-refractivity contribution in [2.75, 3.05) is 13.1 Å². The van der Waals surface area contributed by atoms with E-state index < -0.39 is 23.9 Å². The highest BCUT2D eigenvalue weighted by molar-refractivity contribution is 5.87. The zero-order chi connectivity index (χ0) is 12.9. The number of likely N-dealkylation sites (tertiary alicyclic amines) is 1. The lowest BCUT2D eigenvalue weighted by Crippen LogP contribution is -2.42. The number of carboxylic acids is 1. The van der Waals surface area contributed by atoms with Gasteiger partial charge in [-0.2, -0.15) is 0 Å². The number of β-amino-alcohol motifs (C(OH)–C–C–N with tert-alkyl or cyclic N) is 1. The van der Waals surface area contributed by atoms with E-state index in [0.29, 0.717) is 19.5 Å². The fraction of sp³-hybridized carbons (Fsp3) is 0.692. The maximum absolute atomic E-state index is 12.4. The number of aliphatic hydroxyl groups is 1. The van der Waals surface area contributed by atoms with E-state index in [9.17, 15) is 19.8 Å². The van der Waals surface area contributed by atoms with Gasteiger partial charge >= 0.3 is 5.97 Å². The van der Waals surface area contributed by atoms with Crippen LogP contribution in [0.25, 0.3) is 0 Å². The second-order valence-electron chi connectivity index (χ2n) is 5.56. The highest BCUT2D eigenvalue weighted by atomic mass is 16.4. The van der Waals surface area contributed by atoms with E-state index in [-0.39, 0.29) is 17.7 Å². The Hall–Kier alpha value is -1.36. The Kier molecular flexibility index (Phi) is 2.66. The molecule has 1 aliphatic heterocycles. The molecular formula is C13H17NO4. The summed E-state index contributed by atoms with van der Waals surface area (Å²) >= 11 is 0. The summed E-state index contributed by atoms with van der Waals surface area (Å²) in [5, 5.41) is 18.8. The number of carbonyl (C=O) groups excluding carboxylic acids is 1. The molecule has 1 saturated heterocycles. The smallest absolute Gasteiger partial charge is 0.307 e. The zero-order valence-electron chi connectivity index (χ0n) is 10.0. The van der Waals surface area contributed by atoms with Crippen LogP contribution in [0, 0.1) is 23.7 Å². The Labute approximate surface area is 105 Å². The summed E-state index contributed by atoms with van der Waals surface area (Å²) in [6.07, 6.45) is 4.85. The molecule has 5 nitrogen and oxygen atoms in total. The molecule has 18 heavy (non-hydrogen) atoms. The van der Waals surface area contributed by atoms with Gasteiger partial charge in [-0.3, -0.25) is 9.59 Å². The van der Waals surface area contributed by atoms with Crippen molar-refractivity contribution in [3.8, 4) is 0 Å². The Morgan fingerprint density at radius 3 is 2.39 bits per heavy atom. The van der Waals surface area contributed by atoms with Crippen LogP contribution in [0.15, 0.2) is 12.2 Å². The van der Waals surface area contributed by atoms with Crippen molar-refractivity contribution in [2.24, 2.45) is 23.7 Å². The van der Waals surface area contributed by atoms with Gasteiger partial charge in [-0.25, -0.2) is 0 Å². The molecule has 5 atom stereocenters. The average molecular weight is 251 g/mol. The van der Waals surface area contributed by atoms with Crippen molar-refractivity contribution >= 4 is 11.9 Å². The topological polar surface area (TPSA) is 77.8 Å². The standard InChI is InChI=1S/C13H17NO4/c15-9-3-4-14(6-9)12(16)10-7-1-2-8(5-7)11(10)13(17)18/h1-2,7-11,15H,3-6H2,(H,17,18)/t7?,8?,9-,10+,11-/m1/s1. The van der Waals surface area contributed by atoms with Gasteiger partial charge in [-0.05, 0) is 24.7 Å². The SMILES string of the molecule is O=C(O)[C@@H]1C2C=CC(C2)[C@@H]1C(=O)N1CC[C@@H](O)C1. The molecule has 2 bridgehead atoms. The van der Waals surface area contributed by atoms with Gasteiger partial charge in [0.2, 0.25) is 5.91 Å². The number of allylic oxidation sites excluding steroid dienone is 2. The van der Waals surface area contributed by atoms with Gasteiger partial charge in [0.05, 0.1) is 17.9 Å². The molecule has 98 valence electrons. The highest BCUT2D eigenvalue weighted by Gasteiger charge is 2.52. The van der Waals surface area contributed by atoms with E-state index in [1.165, 1.54) is 0 Å². The maximum Gasteiger partial charge on any atom is 0.307 e. The third-order valence-corrected chi connectivity index (χ3v) is 4.50. The van der Waals surface area contributed by atoms with Crippen LogP contribution >= 0.6 is 0 Å². The first-order valence-corrected chi connectivity index (χ1v) is 6.46. The minimum atomic E-state index is -0.870. The van der Waals surface area contributed by atoms with Gasteiger partial charge in [0.25, 0.3) is 0 Å². The Morgan fingerprint density at radius 2 is 1.83 bits per heavy atom. The lowest BCUT2D eigenvalue weighted by atomic mass is 9.82. The third kappa shape index (κ3) is 1.65. The van der Waals surface area contributed by atoms with Crippen molar-refractivity contribution in [3.05, 3.63) is 12.2 Å². The minimum absolute atomic E-state index is 0.00831. The fourth-order valence-electron chi connectivity index (χ4n) is 3.65. The van der Waals surface area contributed by atoms with Gasteiger partial charge < -0.3 is 15.1 Å². The van der Waals surface area contributed by atoms with Crippen molar-refractivity contribution in [2.45, 2.75) is 18.9 Å². The minimum Gasteiger partial charge on any atom is -0.481 e. The molecule has 1 saturated carbocycles. The summed E-state index contributed by atoms with van der Waals surface area (Å²) < 4.78 is 0. The molecule has 2 N–H and O–H groups in total. The van der Waals surface area contributed by atoms with E-state index in [1.54, 1.807) is 4.90 Å². The molecule has 2 fully saturated rings. The second kappa shape index (κ2) is 4.09. The summed E-state index contributed by atoms with van der Waals surface area (Å²) in [4.78, 5) is 25.4. The predicted molar refractivity (Wildman–Crippen MR) is 62.6 cm³/mol. The number of rotatable bonds is 2. The number of aliphatic hydroxyl groups excluding tert-OH is 1. The predicted octanol–water partition coefficient (Wildman–Crippen LogP) is 0.102. The zero-order valence-corrected chi connectivity index (χ0v) is 10.0. The third-order valence-electron chi connectivity index (χ3n) is 4.50. The van der Waals surface area contributed by atoms with Gasteiger partial charge in [0.1, 0.15) is 0 Å². The van der Waals surface area contributed by atoms with Crippen molar-refractivity contribution in [1.29, 1.82) is 0 Å². The van der Waals surface area contributed by atoms with Crippen molar-refractivity contribution < 1.29 is 19.8 Å². The van der Waals surface area contributed by atoms with E-state index in [1.807, 2.05) is 12.2 Å². The van der Waals surface area contributed by atoms with Gasteiger partial charge in [-0.1, -0.05) is 12.2 Å². The number of carbonyl (C=O) groups is 2. The van der Waals surface area contributed by atoms with Gasteiger partial charge in [0.15, 0.2) is 0 Å². The molecule has 0 spiro atoms. The lowest BCUT2D eigenvalue weighted by Gasteiger charge is -2.28. The molecule has 0 aromatic heterocycles. The van der Waals surface area contributed by atoms with Gasteiger partial charge in [-0.15, -0.1) is 0 Å². The molecule has 3 rings (SSSR count). The summed E-state index contributed by atoms with van der Waals surface area (Å²) in [6.45, 7) is 0.896. The number of fused-ring (bicyclic) bond motifs is 2. The molecule has 5 heteroatoms. The number of aliphatic carboxylic acids is 1. The molecule has 0 aromatic rings. The molecule has 1 amide bonds. The number of hydrogen-bond donors (Lipinski definition) is 2. The molecule has 2 aliphatic carbocycles. The van der Waals surface area contributed by atoms with Crippen molar-refractivity contribution in [1.82, 2.24) is 4.90 Å². The Balaban J connectivity index is 1.80. The van der Waals surface area contributed by atoms with Crippen LogP contribution in [0.1, 0.15) is 12.8 Å². The van der Waals surface area contributed by atoms with Crippen LogP contribution in [-0.2, 0) is 9.59 Å². The van der Waals surface area contributed by atoms with Crippen LogP contribution in [0.5, 0.6) is 0 Å². The summed E-state index contributed by atoms with van der Waals surface area (Å²) in [5.74, 6) is -1.89. The average Bonchev–Trinajstić information content (AvgIpc) is 3.01. The Morgan fingerprint density at radius 1 is 1.17 bits per heavy atom. The molecule has 0 radical (unpaired) electrons. The lowest BCUT2D eigenvalue weighted by molar-refractivity contribution is -0.150. The van der Waals surface area contributed by atoms with E-state index in [2.05, 4.69) is 0 Å². The monoisotopic (exact) mass is 251 g/mol. The first-order chi connectivity index (χ1) is 8.58. The largest absolute Gasteiger partial charge is 0.481 e. The van der Waals surface area contributed by atoms with Gasteiger partial charge in [0, 0.05) is 13.1 Å².